The Balaban J connectivity index is 1.26. The van der Waals surface area contributed by atoms with Gasteiger partial charge in [-0.2, -0.15) is 0 Å². The second-order valence-corrected chi connectivity index (χ2v) is 9.62. The molecule has 0 aromatic heterocycles. The molecular weight excluding hydrogens is 466 g/mol. The first-order valence-corrected chi connectivity index (χ1v) is 12.2. The maximum Gasteiger partial charge on any atom is 0.255 e. The maximum absolute atomic E-state index is 13.0. The number of nitrogens with zero attached hydrogens (tertiary/aromatic N) is 1. The number of hydrogen-bond donors (Lipinski definition) is 2. The van der Waals surface area contributed by atoms with Crippen LogP contribution in [-0.2, 0) is 9.59 Å². The molecule has 186 valence electrons. The van der Waals surface area contributed by atoms with Crippen molar-refractivity contribution < 1.29 is 19.2 Å². The SMILES string of the molecule is CC1=CC[C@H]2C(=O)N(c3cccc(C(=O)Nc4ccc(C(=O)Nc5ccc(C)cc5)cc4)c3)C(=O)[C@H]2C1. The van der Waals surface area contributed by atoms with Gasteiger partial charge in [0.2, 0.25) is 11.8 Å². The molecule has 1 heterocycles. The molecular formula is C30H27N3O4. The van der Waals surface area contributed by atoms with Crippen LogP contribution in [0.4, 0.5) is 17.1 Å². The van der Waals surface area contributed by atoms with Gasteiger partial charge in [0, 0.05) is 22.5 Å². The van der Waals surface area contributed by atoms with E-state index in [1.54, 1.807) is 48.5 Å². The van der Waals surface area contributed by atoms with Crippen molar-refractivity contribution in [1.29, 1.82) is 0 Å². The minimum absolute atomic E-state index is 0.209. The highest BCUT2D eigenvalue weighted by Gasteiger charge is 2.48. The Morgan fingerprint density at radius 1 is 0.757 bits per heavy atom. The third-order valence-electron chi connectivity index (χ3n) is 6.90. The van der Waals surface area contributed by atoms with Crippen LogP contribution in [-0.4, -0.2) is 23.6 Å². The fourth-order valence-electron chi connectivity index (χ4n) is 4.83. The Morgan fingerprint density at radius 3 is 2.03 bits per heavy atom. The molecule has 1 fully saturated rings. The first kappa shape index (κ1) is 24.2. The van der Waals surface area contributed by atoms with Gasteiger partial charge in [-0.15, -0.1) is 0 Å². The van der Waals surface area contributed by atoms with Gasteiger partial charge < -0.3 is 10.6 Å². The third kappa shape index (κ3) is 4.93. The van der Waals surface area contributed by atoms with E-state index in [0.717, 1.165) is 11.1 Å². The van der Waals surface area contributed by atoms with Crippen molar-refractivity contribution in [2.24, 2.45) is 11.8 Å². The first-order valence-electron chi connectivity index (χ1n) is 12.2. The number of hydrogen-bond acceptors (Lipinski definition) is 4. The van der Waals surface area contributed by atoms with Crippen LogP contribution in [0.1, 0.15) is 46.0 Å². The van der Waals surface area contributed by atoms with Crippen molar-refractivity contribution in [2.75, 3.05) is 15.5 Å². The van der Waals surface area contributed by atoms with Gasteiger partial charge in [-0.25, -0.2) is 0 Å². The summed E-state index contributed by atoms with van der Waals surface area (Å²) in [7, 11) is 0. The number of rotatable bonds is 5. The van der Waals surface area contributed by atoms with Crippen LogP contribution >= 0.6 is 0 Å². The van der Waals surface area contributed by atoms with Crippen molar-refractivity contribution >= 4 is 40.7 Å². The highest BCUT2D eigenvalue weighted by Crippen LogP contribution is 2.39. The molecule has 1 aliphatic carbocycles. The number of aryl methyl sites for hydroxylation is 1. The number of allylic oxidation sites excluding steroid dienone is 2. The number of benzene rings is 3. The summed E-state index contributed by atoms with van der Waals surface area (Å²) in [5, 5.41) is 5.65. The molecule has 37 heavy (non-hydrogen) atoms. The molecule has 3 aromatic rings. The summed E-state index contributed by atoms with van der Waals surface area (Å²) >= 11 is 0. The smallest absolute Gasteiger partial charge is 0.255 e. The molecule has 0 bridgehead atoms. The zero-order valence-electron chi connectivity index (χ0n) is 20.7. The molecule has 7 heteroatoms. The van der Waals surface area contributed by atoms with Crippen molar-refractivity contribution in [3.05, 3.63) is 101 Å². The van der Waals surface area contributed by atoms with Crippen LogP contribution in [0.25, 0.3) is 0 Å². The average Bonchev–Trinajstić information content (AvgIpc) is 3.14. The van der Waals surface area contributed by atoms with E-state index in [4.69, 9.17) is 0 Å². The van der Waals surface area contributed by atoms with Gasteiger partial charge in [-0.1, -0.05) is 35.4 Å². The van der Waals surface area contributed by atoms with E-state index in [1.807, 2.05) is 44.2 Å². The molecule has 0 radical (unpaired) electrons. The molecule has 4 amide bonds. The molecule has 0 spiro atoms. The Morgan fingerprint density at radius 2 is 1.35 bits per heavy atom. The monoisotopic (exact) mass is 493 g/mol. The second-order valence-electron chi connectivity index (χ2n) is 9.62. The number of imide groups is 1. The van der Waals surface area contributed by atoms with Gasteiger partial charge in [0.05, 0.1) is 17.5 Å². The Labute approximate surface area is 215 Å². The lowest BCUT2D eigenvalue weighted by atomic mass is 9.82. The summed E-state index contributed by atoms with van der Waals surface area (Å²) < 4.78 is 0. The number of fused-ring (bicyclic) bond motifs is 1. The molecule has 0 unspecified atom stereocenters. The number of amides is 4. The fraction of sp³-hybridized carbons (Fsp3) is 0.200. The minimum atomic E-state index is -0.382. The second kappa shape index (κ2) is 9.85. The molecule has 5 rings (SSSR count). The predicted octanol–water partition coefficient (Wildman–Crippen LogP) is 5.35. The van der Waals surface area contributed by atoms with Crippen LogP contribution in [0.5, 0.6) is 0 Å². The van der Waals surface area contributed by atoms with Gasteiger partial charge in [-0.05, 0) is 81.3 Å². The number of anilines is 3. The maximum atomic E-state index is 13.0. The number of carbonyl (C=O) groups is 4. The molecule has 3 aromatic carbocycles. The molecule has 1 saturated heterocycles. The molecule has 7 nitrogen and oxygen atoms in total. The summed E-state index contributed by atoms with van der Waals surface area (Å²) in [5.74, 6) is -1.73. The lowest BCUT2D eigenvalue weighted by Crippen LogP contribution is -2.31. The van der Waals surface area contributed by atoms with Crippen LogP contribution < -0.4 is 15.5 Å². The van der Waals surface area contributed by atoms with E-state index in [9.17, 15) is 19.2 Å². The molecule has 2 N–H and O–H groups in total. The summed E-state index contributed by atoms with van der Waals surface area (Å²) in [6.07, 6.45) is 3.18. The molecule has 1 aliphatic heterocycles. The molecule has 2 atom stereocenters. The van der Waals surface area contributed by atoms with Gasteiger partial charge >= 0.3 is 0 Å². The van der Waals surface area contributed by atoms with Gasteiger partial charge in [0.25, 0.3) is 11.8 Å². The van der Waals surface area contributed by atoms with Crippen LogP contribution in [0.2, 0.25) is 0 Å². The first-order chi connectivity index (χ1) is 17.8. The lowest BCUT2D eigenvalue weighted by Gasteiger charge is -2.18. The van der Waals surface area contributed by atoms with Gasteiger partial charge in [0.1, 0.15) is 0 Å². The number of carbonyl (C=O) groups excluding carboxylic acids is 4. The molecule has 2 aliphatic rings. The van der Waals surface area contributed by atoms with E-state index >= 15 is 0 Å². The quantitative estimate of drug-likeness (QED) is 0.370. The highest BCUT2D eigenvalue weighted by molar-refractivity contribution is 6.22. The Bertz CT molecular complexity index is 1420. The topological polar surface area (TPSA) is 95.6 Å². The van der Waals surface area contributed by atoms with Gasteiger partial charge in [0.15, 0.2) is 0 Å². The zero-order chi connectivity index (χ0) is 26.1. The largest absolute Gasteiger partial charge is 0.322 e. The standard InChI is InChI=1S/C30H27N3O4/c1-18-6-11-22(12-7-18)31-27(34)20-9-13-23(14-10-20)32-28(35)21-4-3-5-24(17-21)33-29(36)25-15-8-19(2)16-26(25)30(33)37/h3-14,17,25-26H,15-16H2,1-2H3,(H,31,34)(H,32,35)/t25-,26+/m1/s1. The normalized spacial score (nSPS) is 18.8. The van der Waals surface area contributed by atoms with Gasteiger partial charge in [-0.3, -0.25) is 24.1 Å². The number of nitrogens with one attached hydrogen (secondary N) is 2. The Hall–Kier alpha value is -4.52. The average molecular weight is 494 g/mol. The third-order valence-corrected chi connectivity index (χ3v) is 6.90. The van der Waals surface area contributed by atoms with E-state index < -0.39 is 0 Å². The van der Waals surface area contributed by atoms with E-state index in [0.29, 0.717) is 41.0 Å². The van der Waals surface area contributed by atoms with Crippen molar-refractivity contribution in [2.45, 2.75) is 26.7 Å². The summed E-state index contributed by atoms with van der Waals surface area (Å²) in [6.45, 7) is 3.95. The van der Waals surface area contributed by atoms with E-state index in [2.05, 4.69) is 10.6 Å². The van der Waals surface area contributed by atoms with E-state index in [1.165, 1.54) is 4.90 Å². The summed E-state index contributed by atoms with van der Waals surface area (Å²) in [6, 6.07) is 20.6. The summed E-state index contributed by atoms with van der Waals surface area (Å²) in [4.78, 5) is 52.7. The molecule has 0 saturated carbocycles. The van der Waals surface area contributed by atoms with Crippen LogP contribution in [0.15, 0.2) is 84.4 Å². The minimum Gasteiger partial charge on any atom is -0.322 e. The van der Waals surface area contributed by atoms with Crippen molar-refractivity contribution in [3.8, 4) is 0 Å². The van der Waals surface area contributed by atoms with Crippen LogP contribution in [0.3, 0.4) is 0 Å². The highest BCUT2D eigenvalue weighted by atomic mass is 16.2. The zero-order valence-corrected chi connectivity index (χ0v) is 20.7. The lowest BCUT2D eigenvalue weighted by molar-refractivity contribution is -0.122. The van der Waals surface area contributed by atoms with E-state index in [-0.39, 0.29) is 35.5 Å². The fourth-order valence-corrected chi connectivity index (χ4v) is 4.83. The summed E-state index contributed by atoms with van der Waals surface area (Å²) in [5.41, 5.74) is 4.62. The van der Waals surface area contributed by atoms with Crippen LogP contribution in [0, 0.1) is 18.8 Å². The Kier molecular flexibility index (Phi) is 6.44. The van der Waals surface area contributed by atoms with Crippen molar-refractivity contribution in [1.82, 2.24) is 0 Å². The predicted molar refractivity (Wildman–Crippen MR) is 142 cm³/mol. The van der Waals surface area contributed by atoms with Crippen molar-refractivity contribution in [3.63, 3.8) is 0 Å².